The van der Waals surface area contributed by atoms with Crippen LogP contribution in [0.25, 0.3) is 0 Å². The average Bonchev–Trinajstić information content (AvgIpc) is 1.25. The van der Waals surface area contributed by atoms with E-state index in [-0.39, 0.29) is 0 Å². The summed E-state index contributed by atoms with van der Waals surface area (Å²) in [7, 11) is 0. The fraction of sp³-hybridized carbons (Fsp3) is 1.00. The minimum Gasteiger partial charge on any atom is -0.370 e. The molecule has 0 radical (unpaired) electrons. The third-order valence-electron chi connectivity index (χ3n) is 0.475. The van der Waals surface area contributed by atoms with Crippen molar-refractivity contribution in [2.45, 2.75) is 11.2 Å². The van der Waals surface area contributed by atoms with Crippen LogP contribution in [0.4, 0.5) is 0 Å². The van der Waals surface area contributed by atoms with Crippen LogP contribution >= 0.6 is 44.3 Å². The summed E-state index contributed by atoms with van der Waals surface area (Å²) in [6, 6.07) is 0. The number of rotatable bonds is 1. The van der Waals surface area contributed by atoms with Crippen LogP contribution < -0.4 is 0 Å². The first-order chi connectivity index (χ1) is 3.25. The van der Waals surface area contributed by atoms with Crippen molar-refractivity contribution < 1.29 is 9.67 Å². The van der Waals surface area contributed by atoms with Crippen molar-refractivity contribution in [2.24, 2.45) is 0 Å². The zero-order chi connectivity index (χ0) is 7.00. The van der Waals surface area contributed by atoms with Crippen molar-refractivity contribution in [3.05, 3.63) is 0 Å². The van der Waals surface area contributed by atoms with E-state index in [1.165, 1.54) is 6.92 Å². The molecule has 0 aromatic heterocycles. The van der Waals surface area contributed by atoms with Crippen molar-refractivity contribution in [3.8, 4) is 0 Å². The van der Waals surface area contributed by atoms with Gasteiger partial charge in [0.2, 0.25) is 0 Å². The molecule has 1 atom stereocenters. The Balaban J connectivity index is 4.26. The molecule has 0 fully saturated rings. The van der Waals surface area contributed by atoms with E-state index in [9.17, 15) is 4.57 Å². The minimum atomic E-state index is -3.43. The van der Waals surface area contributed by atoms with Crippen molar-refractivity contribution in [1.29, 1.82) is 0 Å². The molecule has 0 aliphatic heterocycles. The number of alkyl halides is 1. The number of aliphatic hydroxyl groups is 1. The highest BCUT2D eigenvalue weighted by molar-refractivity contribution is 9.11. The normalized spacial score (nSPS) is 20.1. The lowest BCUT2D eigenvalue weighted by Gasteiger charge is -2.14. The lowest BCUT2D eigenvalue weighted by Crippen LogP contribution is -2.07. The largest absolute Gasteiger partial charge is 0.370 e. The van der Waals surface area contributed by atoms with Gasteiger partial charge >= 0.3 is 0 Å². The summed E-state index contributed by atoms with van der Waals surface area (Å²) >= 11 is 12.7. The van der Waals surface area contributed by atoms with E-state index in [4.69, 9.17) is 27.6 Å². The predicted octanol–water partition coefficient (Wildman–Crippen LogP) is 2.72. The molecule has 50 valence electrons. The summed E-state index contributed by atoms with van der Waals surface area (Å²) in [5, 5.41) is 8.74. The molecule has 0 aliphatic carbocycles. The monoisotopic (exact) mass is 240 g/mol. The van der Waals surface area contributed by atoms with Crippen LogP contribution in [0.3, 0.4) is 0 Å². The van der Waals surface area contributed by atoms with Crippen LogP contribution in [-0.2, 0) is 4.57 Å². The lowest BCUT2D eigenvalue weighted by atomic mass is 10.9. The van der Waals surface area contributed by atoms with Crippen molar-refractivity contribution in [1.82, 2.24) is 0 Å². The topological polar surface area (TPSA) is 37.3 Å². The molecule has 0 bridgehead atoms. The number of hydrogen-bond donors (Lipinski definition) is 1. The van der Waals surface area contributed by atoms with Gasteiger partial charge < -0.3 is 5.11 Å². The first kappa shape index (κ1) is 9.25. The quantitative estimate of drug-likeness (QED) is 0.566. The first-order valence-corrected chi connectivity index (χ1v) is 5.97. The maximum absolute atomic E-state index is 10.5. The highest BCUT2D eigenvalue weighted by Gasteiger charge is 2.36. The number of hydrogen-bond acceptors (Lipinski definition) is 2. The van der Waals surface area contributed by atoms with Crippen LogP contribution in [0.1, 0.15) is 6.92 Å². The molecule has 0 amide bonds. The average molecular weight is 242 g/mol. The lowest BCUT2D eigenvalue weighted by molar-refractivity contribution is 0.247. The molecule has 0 spiro atoms. The Bertz CT molecular complexity index is 124. The Morgan fingerprint density at radius 2 is 1.88 bits per heavy atom. The SMILES string of the molecule is CC(O)(Br)P(=O)(Cl)Cl. The summed E-state index contributed by atoms with van der Waals surface area (Å²) < 4.78 is 8.81. The maximum atomic E-state index is 10.5. The van der Waals surface area contributed by atoms with Gasteiger partial charge in [0, 0.05) is 0 Å². The molecular weight excluding hydrogens is 238 g/mol. The highest BCUT2D eigenvalue weighted by Crippen LogP contribution is 2.68. The van der Waals surface area contributed by atoms with Crippen LogP contribution in [0.15, 0.2) is 0 Å². The minimum absolute atomic E-state index is 1.22. The molecule has 0 saturated carbocycles. The molecule has 1 N–H and O–H groups in total. The second kappa shape index (κ2) is 2.47. The fourth-order valence-electron chi connectivity index (χ4n) is 0. The molecule has 0 saturated heterocycles. The Morgan fingerprint density at radius 3 is 1.88 bits per heavy atom. The summed E-state index contributed by atoms with van der Waals surface area (Å²) in [6.07, 6.45) is 0. The smallest absolute Gasteiger partial charge is 0.293 e. The van der Waals surface area contributed by atoms with E-state index >= 15 is 0 Å². The molecule has 0 aromatic carbocycles. The molecular formula is C2H4BrCl2O2P. The molecule has 1 unspecified atom stereocenters. The van der Waals surface area contributed by atoms with Gasteiger partial charge in [-0.3, -0.25) is 4.57 Å². The maximum Gasteiger partial charge on any atom is 0.293 e. The van der Waals surface area contributed by atoms with E-state index in [0.29, 0.717) is 0 Å². The van der Waals surface area contributed by atoms with Gasteiger partial charge in [0.1, 0.15) is 0 Å². The van der Waals surface area contributed by atoms with Gasteiger partial charge in [-0.1, -0.05) is 0 Å². The zero-order valence-corrected chi connectivity index (χ0v) is 7.93. The molecule has 2 nitrogen and oxygen atoms in total. The molecule has 0 heterocycles. The van der Waals surface area contributed by atoms with E-state index in [1.807, 2.05) is 0 Å². The second-order valence-electron chi connectivity index (χ2n) is 1.37. The third-order valence-corrected chi connectivity index (χ3v) is 6.12. The van der Waals surface area contributed by atoms with Crippen LogP contribution in [0.2, 0.25) is 0 Å². The van der Waals surface area contributed by atoms with E-state index in [0.717, 1.165) is 0 Å². The Kier molecular flexibility index (Phi) is 2.86. The Labute approximate surface area is 65.2 Å². The molecule has 6 heteroatoms. The van der Waals surface area contributed by atoms with Gasteiger partial charge in [0.15, 0.2) is 4.25 Å². The van der Waals surface area contributed by atoms with Gasteiger partial charge in [-0.25, -0.2) is 0 Å². The summed E-state index contributed by atoms with van der Waals surface area (Å²) in [6.45, 7) is 1.22. The van der Waals surface area contributed by atoms with E-state index < -0.39 is 10.1 Å². The van der Waals surface area contributed by atoms with Crippen molar-refractivity contribution in [2.75, 3.05) is 0 Å². The summed E-state index contributed by atoms with van der Waals surface area (Å²) in [5.41, 5.74) is 0. The summed E-state index contributed by atoms with van der Waals surface area (Å²) in [4.78, 5) is 0. The van der Waals surface area contributed by atoms with Crippen LogP contribution in [0.5, 0.6) is 0 Å². The van der Waals surface area contributed by atoms with Gasteiger partial charge in [-0.05, 0) is 45.3 Å². The fourth-order valence-corrected chi connectivity index (χ4v) is 0. The van der Waals surface area contributed by atoms with Crippen LogP contribution in [-0.4, -0.2) is 9.36 Å². The molecule has 8 heavy (non-hydrogen) atoms. The Hall–Kier alpha value is 1.25. The summed E-state index contributed by atoms with van der Waals surface area (Å²) in [5.74, 6) is -3.43. The molecule has 0 aliphatic rings. The number of halogens is 3. The van der Waals surface area contributed by atoms with Gasteiger partial charge in [0.05, 0.1) is 0 Å². The molecule has 0 aromatic rings. The van der Waals surface area contributed by atoms with Crippen molar-refractivity contribution >= 4 is 44.3 Å². The molecule has 0 rings (SSSR count). The Morgan fingerprint density at radius 1 is 1.75 bits per heavy atom. The first-order valence-electron chi connectivity index (χ1n) is 1.66. The zero-order valence-electron chi connectivity index (χ0n) is 3.94. The van der Waals surface area contributed by atoms with Gasteiger partial charge in [-0.15, -0.1) is 0 Å². The second-order valence-corrected chi connectivity index (χ2v) is 8.70. The van der Waals surface area contributed by atoms with Gasteiger partial charge in [0.25, 0.3) is 5.85 Å². The van der Waals surface area contributed by atoms with Crippen molar-refractivity contribution in [3.63, 3.8) is 0 Å². The third kappa shape index (κ3) is 2.70. The predicted molar refractivity (Wildman–Crippen MR) is 38.9 cm³/mol. The highest BCUT2D eigenvalue weighted by atomic mass is 79.9. The van der Waals surface area contributed by atoms with Crippen LogP contribution in [0, 0.1) is 0 Å². The van der Waals surface area contributed by atoms with E-state index in [2.05, 4.69) is 15.9 Å². The standard InChI is InChI=1S/C2H4BrCl2O2P/c1-2(3,6)8(4,5)7/h6H,1H3. The van der Waals surface area contributed by atoms with Gasteiger partial charge in [-0.2, -0.15) is 0 Å². The van der Waals surface area contributed by atoms with E-state index in [1.54, 1.807) is 0 Å².